The lowest BCUT2D eigenvalue weighted by molar-refractivity contribution is 0.120. The summed E-state index contributed by atoms with van der Waals surface area (Å²) in [5.74, 6) is 2.41. The van der Waals surface area contributed by atoms with Crippen molar-refractivity contribution in [1.29, 1.82) is 5.26 Å². The fourth-order valence-corrected chi connectivity index (χ4v) is 3.79. The SMILES string of the molecule is CC1CC(C)CN(CCOc2ccc(-c3nc(N)nc(N)c3C#N)cc2)C1. The third kappa shape index (κ3) is 4.66. The molecule has 2 unspecified atom stereocenters. The van der Waals surface area contributed by atoms with Crippen LogP contribution >= 0.6 is 0 Å². The molecule has 0 aliphatic carbocycles. The lowest BCUT2D eigenvalue weighted by atomic mass is 9.92. The zero-order valence-corrected chi connectivity index (χ0v) is 15.9. The summed E-state index contributed by atoms with van der Waals surface area (Å²) in [5, 5.41) is 9.30. The first kappa shape index (κ1) is 18.9. The molecule has 4 N–H and O–H groups in total. The van der Waals surface area contributed by atoms with E-state index >= 15 is 0 Å². The van der Waals surface area contributed by atoms with Crippen LogP contribution in [0.15, 0.2) is 24.3 Å². The quantitative estimate of drug-likeness (QED) is 0.835. The van der Waals surface area contributed by atoms with Gasteiger partial charge in [0, 0.05) is 25.2 Å². The summed E-state index contributed by atoms with van der Waals surface area (Å²) in [7, 11) is 0. The third-order valence-corrected chi connectivity index (χ3v) is 4.81. The molecule has 1 aromatic carbocycles. The molecule has 3 rings (SSSR count). The lowest BCUT2D eigenvalue weighted by Crippen LogP contribution is -2.40. The van der Waals surface area contributed by atoms with Gasteiger partial charge in [-0.2, -0.15) is 10.2 Å². The van der Waals surface area contributed by atoms with Gasteiger partial charge in [0.05, 0.1) is 5.69 Å². The highest BCUT2D eigenvalue weighted by atomic mass is 16.5. The largest absolute Gasteiger partial charge is 0.492 e. The lowest BCUT2D eigenvalue weighted by Gasteiger charge is -2.34. The van der Waals surface area contributed by atoms with Gasteiger partial charge >= 0.3 is 0 Å². The Kier molecular flexibility index (Phi) is 5.77. The van der Waals surface area contributed by atoms with Crippen molar-refractivity contribution in [2.24, 2.45) is 11.8 Å². The molecule has 2 heterocycles. The van der Waals surface area contributed by atoms with Gasteiger partial charge in [0.15, 0.2) is 0 Å². The van der Waals surface area contributed by atoms with Crippen LogP contribution in [0.1, 0.15) is 25.8 Å². The van der Waals surface area contributed by atoms with Gasteiger partial charge in [0.25, 0.3) is 0 Å². The average molecular weight is 366 g/mol. The molecule has 0 spiro atoms. The normalized spacial score (nSPS) is 20.2. The molecule has 2 aromatic rings. The van der Waals surface area contributed by atoms with Crippen LogP contribution < -0.4 is 16.2 Å². The predicted molar refractivity (Wildman–Crippen MR) is 106 cm³/mol. The topological polar surface area (TPSA) is 114 Å². The molecule has 1 fully saturated rings. The van der Waals surface area contributed by atoms with Crippen LogP contribution in [0.2, 0.25) is 0 Å². The van der Waals surface area contributed by atoms with E-state index in [1.165, 1.54) is 6.42 Å². The van der Waals surface area contributed by atoms with E-state index in [-0.39, 0.29) is 17.3 Å². The molecule has 2 atom stereocenters. The zero-order chi connectivity index (χ0) is 19.4. The molecule has 27 heavy (non-hydrogen) atoms. The summed E-state index contributed by atoms with van der Waals surface area (Å²) in [4.78, 5) is 10.5. The number of ether oxygens (including phenoxy) is 1. The minimum atomic E-state index is 0.0480. The van der Waals surface area contributed by atoms with Gasteiger partial charge in [-0.05, 0) is 42.5 Å². The Labute approximate surface area is 160 Å². The van der Waals surface area contributed by atoms with E-state index in [0.717, 1.165) is 42.8 Å². The summed E-state index contributed by atoms with van der Waals surface area (Å²) in [6.07, 6.45) is 1.31. The number of aromatic nitrogens is 2. The monoisotopic (exact) mass is 366 g/mol. The van der Waals surface area contributed by atoms with E-state index in [9.17, 15) is 5.26 Å². The molecule has 7 heteroatoms. The Morgan fingerprint density at radius 1 is 1.15 bits per heavy atom. The number of hydrogen-bond donors (Lipinski definition) is 2. The smallest absolute Gasteiger partial charge is 0.222 e. The first-order chi connectivity index (χ1) is 13.0. The first-order valence-corrected chi connectivity index (χ1v) is 9.25. The van der Waals surface area contributed by atoms with Crippen molar-refractivity contribution in [3.05, 3.63) is 29.8 Å². The van der Waals surface area contributed by atoms with E-state index in [0.29, 0.717) is 12.3 Å². The third-order valence-electron chi connectivity index (χ3n) is 4.81. The zero-order valence-electron chi connectivity index (χ0n) is 15.9. The van der Waals surface area contributed by atoms with Crippen molar-refractivity contribution >= 4 is 11.8 Å². The number of piperidine rings is 1. The molecule has 1 aromatic heterocycles. The maximum atomic E-state index is 9.30. The summed E-state index contributed by atoms with van der Waals surface area (Å²) in [5.41, 5.74) is 12.9. The average Bonchev–Trinajstić information content (AvgIpc) is 2.61. The van der Waals surface area contributed by atoms with Crippen molar-refractivity contribution in [2.45, 2.75) is 20.3 Å². The Morgan fingerprint density at radius 3 is 2.44 bits per heavy atom. The Balaban J connectivity index is 1.62. The van der Waals surface area contributed by atoms with Crippen molar-refractivity contribution < 1.29 is 4.74 Å². The fraction of sp³-hybridized carbons (Fsp3) is 0.450. The van der Waals surface area contributed by atoms with Gasteiger partial charge < -0.3 is 16.2 Å². The van der Waals surface area contributed by atoms with Gasteiger partial charge in [-0.15, -0.1) is 0 Å². The highest BCUT2D eigenvalue weighted by Crippen LogP contribution is 2.27. The van der Waals surface area contributed by atoms with E-state index in [1.807, 2.05) is 30.3 Å². The van der Waals surface area contributed by atoms with Crippen LogP contribution in [-0.2, 0) is 0 Å². The standard InChI is InChI=1S/C20H26N6O/c1-13-9-14(2)12-26(11-13)7-8-27-16-5-3-15(4-6-16)18-17(10-21)19(22)25-20(23)24-18/h3-6,13-14H,7-9,11-12H2,1-2H3,(H4,22,23,24,25). The van der Waals surface area contributed by atoms with Crippen molar-refractivity contribution in [2.75, 3.05) is 37.7 Å². The molecule has 1 aliphatic rings. The van der Waals surface area contributed by atoms with E-state index in [1.54, 1.807) is 0 Å². The number of nitrogens with two attached hydrogens (primary N) is 2. The van der Waals surface area contributed by atoms with Crippen LogP contribution in [-0.4, -0.2) is 41.1 Å². The molecule has 1 saturated heterocycles. The number of nitriles is 1. The summed E-state index contributed by atoms with van der Waals surface area (Å²) < 4.78 is 5.89. The highest BCUT2D eigenvalue weighted by Gasteiger charge is 2.21. The maximum absolute atomic E-state index is 9.30. The van der Waals surface area contributed by atoms with Crippen LogP contribution in [0.25, 0.3) is 11.3 Å². The minimum Gasteiger partial charge on any atom is -0.492 e. The van der Waals surface area contributed by atoms with E-state index in [2.05, 4.69) is 28.7 Å². The number of nitrogens with zero attached hydrogens (tertiary/aromatic N) is 4. The number of likely N-dealkylation sites (tertiary alicyclic amines) is 1. The Morgan fingerprint density at radius 2 is 1.81 bits per heavy atom. The first-order valence-electron chi connectivity index (χ1n) is 9.25. The molecular weight excluding hydrogens is 340 g/mol. The molecule has 0 radical (unpaired) electrons. The second-order valence-electron chi connectivity index (χ2n) is 7.38. The minimum absolute atomic E-state index is 0.0480. The van der Waals surface area contributed by atoms with E-state index < -0.39 is 0 Å². The highest BCUT2D eigenvalue weighted by molar-refractivity contribution is 5.73. The molecule has 1 aliphatic heterocycles. The van der Waals surface area contributed by atoms with E-state index in [4.69, 9.17) is 16.2 Å². The molecule has 7 nitrogen and oxygen atoms in total. The van der Waals surface area contributed by atoms with Gasteiger partial charge in [0.1, 0.15) is 29.8 Å². The van der Waals surface area contributed by atoms with Crippen molar-refractivity contribution in [1.82, 2.24) is 14.9 Å². The van der Waals surface area contributed by atoms with Gasteiger partial charge in [-0.3, -0.25) is 4.90 Å². The second-order valence-corrected chi connectivity index (χ2v) is 7.38. The summed E-state index contributed by atoms with van der Waals surface area (Å²) in [6.45, 7) is 8.47. The molecular formula is C20H26N6O. The molecule has 0 saturated carbocycles. The summed E-state index contributed by atoms with van der Waals surface area (Å²) >= 11 is 0. The Bertz CT molecular complexity index is 820. The summed E-state index contributed by atoms with van der Waals surface area (Å²) in [6, 6.07) is 9.47. The Hall–Kier alpha value is -2.85. The van der Waals surface area contributed by atoms with Crippen LogP contribution in [0, 0.1) is 23.2 Å². The van der Waals surface area contributed by atoms with Gasteiger partial charge in [0.2, 0.25) is 5.95 Å². The number of rotatable bonds is 5. The van der Waals surface area contributed by atoms with Gasteiger partial charge in [-0.1, -0.05) is 13.8 Å². The van der Waals surface area contributed by atoms with Crippen molar-refractivity contribution in [3.8, 4) is 23.1 Å². The van der Waals surface area contributed by atoms with Crippen LogP contribution in [0.5, 0.6) is 5.75 Å². The number of benzene rings is 1. The van der Waals surface area contributed by atoms with Crippen molar-refractivity contribution in [3.63, 3.8) is 0 Å². The van der Waals surface area contributed by atoms with Crippen LogP contribution in [0.3, 0.4) is 0 Å². The fourth-order valence-electron chi connectivity index (χ4n) is 3.79. The van der Waals surface area contributed by atoms with Crippen LogP contribution in [0.4, 0.5) is 11.8 Å². The number of nitrogen functional groups attached to an aromatic ring is 2. The molecule has 0 bridgehead atoms. The number of hydrogen-bond acceptors (Lipinski definition) is 7. The van der Waals surface area contributed by atoms with Gasteiger partial charge in [-0.25, -0.2) is 4.98 Å². The number of anilines is 2. The molecule has 0 amide bonds. The predicted octanol–water partition coefficient (Wildman–Crippen LogP) is 2.54. The molecule has 142 valence electrons. The second kappa shape index (κ2) is 8.23. The maximum Gasteiger partial charge on any atom is 0.222 e.